The van der Waals surface area contributed by atoms with Crippen molar-refractivity contribution in [1.29, 1.82) is 0 Å². The molecule has 98 valence electrons. The first-order valence-corrected chi connectivity index (χ1v) is 6.84. The Bertz CT molecular complexity index is 415. The van der Waals surface area contributed by atoms with Gasteiger partial charge in [0, 0.05) is 6.42 Å². The molecule has 2 atom stereocenters. The summed E-state index contributed by atoms with van der Waals surface area (Å²) in [4.78, 5) is 11.2. The van der Waals surface area contributed by atoms with Gasteiger partial charge in [-0.15, -0.1) is 0 Å². The van der Waals surface area contributed by atoms with E-state index in [9.17, 15) is 4.79 Å². The average molecular weight is 245 g/mol. The van der Waals surface area contributed by atoms with Crippen LogP contribution in [0.2, 0.25) is 0 Å². The standard InChI is InChI=1S/C16H23NO/c1-16(2)10-6-9-13(11-14(17)18)15(16)12-7-4-3-5-8-12/h4,6-7,9-10,12,15H,3,5,8,11H2,1-2H3,(H2,17,18). The predicted octanol–water partition coefficient (Wildman–Crippen LogP) is 3.36. The summed E-state index contributed by atoms with van der Waals surface area (Å²) in [5.41, 5.74) is 6.69. The number of rotatable bonds is 3. The Morgan fingerprint density at radius 3 is 2.89 bits per heavy atom. The van der Waals surface area contributed by atoms with Gasteiger partial charge in [0.25, 0.3) is 0 Å². The van der Waals surface area contributed by atoms with Crippen LogP contribution in [0.1, 0.15) is 39.5 Å². The topological polar surface area (TPSA) is 43.1 Å². The van der Waals surface area contributed by atoms with Crippen LogP contribution in [0.5, 0.6) is 0 Å². The van der Waals surface area contributed by atoms with Crippen molar-refractivity contribution in [3.05, 3.63) is 36.0 Å². The second-order valence-electron chi connectivity index (χ2n) is 6.07. The fourth-order valence-corrected chi connectivity index (χ4v) is 3.42. The normalized spacial score (nSPS) is 30.0. The molecule has 0 heterocycles. The fraction of sp³-hybridized carbons (Fsp3) is 0.562. The number of primary amides is 1. The van der Waals surface area contributed by atoms with Crippen LogP contribution < -0.4 is 5.73 Å². The zero-order valence-corrected chi connectivity index (χ0v) is 11.4. The van der Waals surface area contributed by atoms with Gasteiger partial charge in [-0.3, -0.25) is 4.79 Å². The molecule has 2 N–H and O–H groups in total. The second-order valence-corrected chi connectivity index (χ2v) is 6.07. The molecular formula is C16H23NO. The van der Waals surface area contributed by atoms with Gasteiger partial charge >= 0.3 is 0 Å². The molecule has 0 radical (unpaired) electrons. The number of hydrogen-bond donors (Lipinski definition) is 1. The van der Waals surface area contributed by atoms with E-state index in [1.54, 1.807) is 0 Å². The Kier molecular flexibility index (Phi) is 3.74. The van der Waals surface area contributed by atoms with E-state index in [-0.39, 0.29) is 11.3 Å². The zero-order chi connectivity index (χ0) is 13.2. The SMILES string of the molecule is CC1(C)C=CC=C(CC(N)=O)C1C1C=CCCC1. The molecule has 2 nitrogen and oxygen atoms in total. The summed E-state index contributed by atoms with van der Waals surface area (Å²) in [6.07, 6.45) is 15.1. The van der Waals surface area contributed by atoms with Crippen molar-refractivity contribution in [2.45, 2.75) is 39.5 Å². The smallest absolute Gasteiger partial charge is 0.221 e. The van der Waals surface area contributed by atoms with Crippen molar-refractivity contribution in [1.82, 2.24) is 0 Å². The fourth-order valence-electron chi connectivity index (χ4n) is 3.42. The van der Waals surface area contributed by atoms with E-state index in [4.69, 9.17) is 5.73 Å². The largest absolute Gasteiger partial charge is 0.369 e. The van der Waals surface area contributed by atoms with E-state index < -0.39 is 0 Å². The molecule has 0 saturated carbocycles. The maximum Gasteiger partial charge on any atom is 0.221 e. The van der Waals surface area contributed by atoms with E-state index in [0.29, 0.717) is 18.3 Å². The lowest BCUT2D eigenvalue weighted by Gasteiger charge is -2.41. The van der Waals surface area contributed by atoms with Gasteiger partial charge in [0.2, 0.25) is 5.91 Å². The quantitative estimate of drug-likeness (QED) is 0.761. The molecule has 0 aromatic heterocycles. The molecule has 18 heavy (non-hydrogen) atoms. The molecule has 0 fully saturated rings. The number of allylic oxidation sites excluding steroid dienone is 5. The van der Waals surface area contributed by atoms with Crippen molar-refractivity contribution in [2.24, 2.45) is 23.0 Å². The van der Waals surface area contributed by atoms with Gasteiger partial charge in [-0.2, -0.15) is 0 Å². The van der Waals surface area contributed by atoms with Crippen LogP contribution in [0.3, 0.4) is 0 Å². The first-order valence-electron chi connectivity index (χ1n) is 6.84. The highest BCUT2D eigenvalue weighted by atomic mass is 16.1. The van der Waals surface area contributed by atoms with E-state index >= 15 is 0 Å². The van der Waals surface area contributed by atoms with Gasteiger partial charge in [-0.25, -0.2) is 0 Å². The molecule has 2 rings (SSSR count). The Balaban J connectivity index is 2.28. The first-order chi connectivity index (χ1) is 8.50. The van der Waals surface area contributed by atoms with Crippen molar-refractivity contribution in [3.63, 3.8) is 0 Å². The van der Waals surface area contributed by atoms with Crippen molar-refractivity contribution in [2.75, 3.05) is 0 Å². The summed E-state index contributed by atoms with van der Waals surface area (Å²) in [5, 5.41) is 0. The maximum absolute atomic E-state index is 11.2. The summed E-state index contributed by atoms with van der Waals surface area (Å²) >= 11 is 0. The van der Waals surface area contributed by atoms with Gasteiger partial charge in [0.05, 0.1) is 0 Å². The number of nitrogens with two attached hydrogens (primary N) is 1. The highest BCUT2D eigenvalue weighted by Gasteiger charge is 2.37. The number of amides is 1. The van der Waals surface area contributed by atoms with Crippen LogP contribution in [-0.2, 0) is 4.79 Å². The minimum Gasteiger partial charge on any atom is -0.369 e. The highest BCUT2D eigenvalue weighted by molar-refractivity contribution is 5.77. The summed E-state index contributed by atoms with van der Waals surface area (Å²) in [5.74, 6) is 0.730. The summed E-state index contributed by atoms with van der Waals surface area (Å²) < 4.78 is 0. The molecule has 2 aliphatic carbocycles. The lowest BCUT2D eigenvalue weighted by molar-refractivity contribution is -0.117. The molecule has 2 aliphatic rings. The Morgan fingerprint density at radius 2 is 2.28 bits per heavy atom. The molecule has 1 amide bonds. The summed E-state index contributed by atoms with van der Waals surface area (Å²) in [7, 11) is 0. The zero-order valence-electron chi connectivity index (χ0n) is 11.4. The lowest BCUT2D eigenvalue weighted by Crippen LogP contribution is -2.33. The molecule has 0 spiro atoms. The van der Waals surface area contributed by atoms with E-state index in [1.165, 1.54) is 24.8 Å². The van der Waals surface area contributed by atoms with Crippen molar-refractivity contribution >= 4 is 5.91 Å². The first kappa shape index (κ1) is 13.1. The molecule has 2 heteroatoms. The van der Waals surface area contributed by atoms with Crippen LogP contribution in [0.4, 0.5) is 0 Å². The van der Waals surface area contributed by atoms with E-state index in [1.807, 2.05) is 0 Å². The predicted molar refractivity (Wildman–Crippen MR) is 74.8 cm³/mol. The molecule has 2 unspecified atom stereocenters. The molecule has 0 aliphatic heterocycles. The monoisotopic (exact) mass is 245 g/mol. The highest BCUT2D eigenvalue weighted by Crippen LogP contribution is 2.45. The third-order valence-corrected chi connectivity index (χ3v) is 4.14. The lowest BCUT2D eigenvalue weighted by atomic mass is 9.63. The molecular weight excluding hydrogens is 222 g/mol. The molecule has 0 bridgehead atoms. The Hall–Kier alpha value is -1.31. The summed E-state index contributed by atoms with van der Waals surface area (Å²) in [6, 6.07) is 0. The average Bonchev–Trinajstić information content (AvgIpc) is 2.28. The van der Waals surface area contributed by atoms with Gasteiger partial charge in [-0.1, -0.05) is 49.8 Å². The van der Waals surface area contributed by atoms with E-state index in [2.05, 4.69) is 44.2 Å². The molecule has 0 aromatic carbocycles. The van der Waals surface area contributed by atoms with Crippen molar-refractivity contribution < 1.29 is 4.79 Å². The van der Waals surface area contributed by atoms with Crippen LogP contribution in [0, 0.1) is 17.3 Å². The van der Waals surface area contributed by atoms with Crippen LogP contribution in [-0.4, -0.2) is 5.91 Å². The number of hydrogen-bond acceptors (Lipinski definition) is 1. The van der Waals surface area contributed by atoms with Gasteiger partial charge < -0.3 is 5.73 Å². The maximum atomic E-state index is 11.2. The van der Waals surface area contributed by atoms with Gasteiger partial charge in [-0.05, 0) is 36.5 Å². The number of carbonyl (C=O) groups excluding carboxylic acids is 1. The summed E-state index contributed by atoms with van der Waals surface area (Å²) in [6.45, 7) is 4.51. The Labute approximate surface area is 110 Å². The second kappa shape index (κ2) is 5.13. The number of carbonyl (C=O) groups is 1. The molecule has 0 aromatic rings. The third kappa shape index (κ3) is 2.74. The van der Waals surface area contributed by atoms with Gasteiger partial charge in [0.15, 0.2) is 0 Å². The van der Waals surface area contributed by atoms with Crippen LogP contribution in [0.15, 0.2) is 36.0 Å². The third-order valence-electron chi connectivity index (χ3n) is 4.14. The Morgan fingerprint density at radius 1 is 1.50 bits per heavy atom. The molecule has 0 saturated heterocycles. The minimum absolute atomic E-state index is 0.103. The van der Waals surface area contributed by atoms with Crippen LogP contribution in [0.25, 0.3) is 0 Å². The van der Waals surface area contributed by atoms with E-state index in [0.717, 1.165) is 0 Å². The van der Waals surface area contributed by atoms with Crippen LogP contribution >= 0.6 is 0 Å². The van der Waals surface area contributed by atoms with Gasteiger partial charge in [0.1, 0.15) is 0 Å². The van der Waals surface area contributed by atoms with Crippen molar-refractivity contribution in [3.8, 4) is 0 Å². The minimum atomic E-state index is -0.225.